The van der Waals surface area contributed by atoms with Gasteiger partial charge in [-0.15, -0.1) is 0 Å². The van der Waals surface area contributed by atoms with Crippen molar-refractivity contribution in [1.82, 2.24) is 4.98 Å². The number of hydrogen-bond donors (Lipinski definition) is 1. The second-order valence-electron chi connectivity index (χ2n) is 5.07. The molecular weight excluding hydrogens is 244 g/mol. The third-order valence-corrected chi connectivity index (χ3v) is 3.51. The Balaban J connectivity index is 1.72. The van der Waals surface area contributed by atoms with Crippen LogP contribution >= 0.6 is 0 Å². The molecule has 1 aromatic heterocycles. The molecule has 1 fully saturated rings. The van der Waals surface area contributed by atoms with Crippen molar-refractivity contribution in [3.8, 4) is 0 Å². The van der Waals surface area contributed by atoms with E-state index in [0.717, 1.165) is 12.0 Å². The molecule has 0 radical (unpaired) electrons. The molecule has 104 valence electrons. The van der Waals surface area contributed by atoms with Gasteiger partial charge in [0, 0.05) is 19.0 Å². The topological polar surface area (TPSA) is 71.8 Å². The van der Waals surface area contributed by atoms with Gasteiger partial charge in [-0.1, -0.05) is 11.2 Å². The molecule has 0 saturated carbocycles. The monoisotopic (exact) mass is 264 g/mol. The molecule has 1 N–H and O–H groups in total. The van der Waals surface area contributed by atoms with E-state index in [4.69, 9.17) is 4.74 Å². The molecule has 0 bridgehead atoms. The van der Waals surface area contributed by atoms with Gasteiger partial charge in [0.15, 0.2) is 0 Å². The highest BCUT2D eigenvalue weighted by atomic mass is 16.5. The first-order valence-corrected chi connectivity index (χ1v) is 6.79. The zero-order chi connectivity index (χ0) is 13.5. The number of pyridine rings is 1. The number of aliphatic hydroxyl groups is 1. The van der Waals surface area contributed by atoms with Crippen LogP contribution in [0.25, 0.3) is 0 Å². The molecule has 0 aliphatic carbocycles. The van der Waals surface area contributed by atoms with Gasteiger partial charge in [0.1, 0.15) is 0 Å². The first kappa shape index (κ1) is 14.1. The molecule has 1 aliphatic rings. The zero-order valence-corrected chi connectivity index (χ0v) is 10.9. The van der Waals surface area contributed by atoms with Crippen LogP contribution in [0.2, 0.25) is 0 Å². The standard InChI is InChI=1S/C14H20N2O3/c17-13(4-3-11-2-1-6-15-10-11)9-14-8-12(16-18)5-7-19-14/h1-2,6,10,12-14,17H,3-5,7-9H2. The van der Waals surface area contributed by atoms with E-state index in [1.54, 1.807) is 6.20 Å². The number of nitroso groups, excluding NO2 is 1. The van der Waals surface area contributed by atoms with Crippen LogP contribution in [0.5, 0.6) is 0 Å². The molecule has 0 amide bonds. The fraction of sp³-hybridized carbons (Fsp3) is 0.643. The van der Waals surface area contributed by atoms with Gasteiger partial charge >= 0.3 is 0 Å². The van der Waals surface area contributed by atoms with Crippen LogP contribution in [0.15, 0.2) is 29.7 Å². The van der Waals surface area contributed by atoms with Crippen molar-refractivity contribution < 1.29 is 9.84 Å². The van der Waals surface area contributed by atoms with Crippen LogP contribution in [0.3, 0.4) is 0 Å². The van der Waals surface area contributed by atoms with Crippen LogP contribution in [0, 0.1) is 4.91 Å². The number of aliphatic hydroxyl groups excluding tert-OH is 1. The van der Waals surface area contributed by atoms with Gasteiger partial charge in [-0.2, -0.15) is 4.91 Å². The summed E-state index contributed by atoms with van der Waals surface area (Å²) < 4.78 is 5.56. The second kappa shape index (κ2) is 7.31. The van der Waals surface area contributed by atoms with Crippen LogP contribution in [-0.4, -0.2) is 34.9 Å². The van der Waals surface area contributed by atoms with E-state index < -0.39 is 6.10 Å². The average molecular weight is 264 g/mol. The Morgan fingerprint density at radius 3 is 3.21 bits per heavy atom. The molecule has 1 aliphatic heterocycles. The second-order valence-corrected chi connectivity index (χ2v) is 5.07. The Labute approximate surface area is 113 Å². The average Bonchev–Trinajstić information content (AvgIpc) is 2.46. The SMILES string of the molecule is O=NC1CCOC(CC(O)CCc2cccnc2)C1. The number of rotatable bonds is 6. The number of hydrogen-bond acceptors (Lipinski definition) is 5. The van der Waals surface area contributed by atoms with Gasteiger partial charge in [-0.25, -0.2) is 0 Å². The predicted octanol–water partition coefficient (Wildman–Crippen LogP) is 2.08. The number of aryl methyl sites for hydroxylation is 1. The van der Waals surface area contributed by atoms with Crippen molar-refractivity contribution in [2.45, 2.75) is 50.4 Å². The highest BCUT2D eigenvalue weighted by Gasteiger charge is 2.25. The Morgan fingerprint density at radius 2 is 2.47 bits per heavy atom. The summed E-state index contributed by atoms with van der Waals surface area (Å²) in [5, 5.41) is 13.1. The minimum Gasteiger partial charge on any atom is -0.393 e. The van der Waals surface area contributed by atoms with Gasteiger partial charge in [-0.3, -0.25) is 4.98 Å². The van der Waals surface area contributed by atoms with E-state index in [2.05, 4.69) is 10.2 Å². The normalized spacial score (nSPS) is 24.9. The van der Waals surface area contributed by atoms with E-state index in [1.165, 1.54) is 0 Å². The predicted molar refractivity (Wildman–Crippen MR) is 71.7 cm³/mol. The fourth-order valence-corrected chi connectivity index (χ4v) is 2.42. The third kappa shape index (κ3) is 4.69. The van der Waals surface area contributed by atoms with E-state index in [-0.39, 0.29) is 12.1 Å². The lowest BCUT2D eigenvalue weighted by atomic mass is 9.97. The number of ether oxygens (including phenoxy) is 1. The van der Waals surface area contributed by atoms with E-state index in [1.807, 2.05) is 18.3 Å². The Bertz CT molecular complexity index is 386. The van der Waals surface area contributed by atoms with E-state index in [9.17, 15) is 10.0 Å². The van der Waals surface area contributed by atoms with Crippen LogP contribution in [0.1, 0.15) is 31.2 Å². The minimum atomic E-state index is -0.407. The summed E-state index contributed by atoms with van der Waals surface area (Å²) in [4.78, 5) is 14.6. The van der Waals surface area contributed by atoms with Crippen molar-refractivity contribution in [3.63, 3.8) is 0 Å². The summed E-state index contributed by atoms with van der Waals surface area (Å²) in [5.74, 6) is 0. The number of nitrogens with zero attached hydrogens (tertiary/aromatic N) is 2. The molecule has 2 rings (SSSR count). The van der Waals surface area contributed by atoms with Gasteiger partial charge in [0.2, 0.25) is 0 Å². The quantitative estimate of drug-likeness (QED) is 0.798. The first-order valence-electron chi connectivity index (χ1n) is 6.79. The zero-order valence-electron chi connectivity index (χ0n) is 10.9. The van der Waals surface area contributed by atoms with Crippen LogP contribution in [0.4, 0.5) is 0 Å². The molecule has 19 heavy (non-hydrogen) atoms. The maximum atomic E-state index is 10.5. The molecule has 5 heteroatoms. The maximum absolute atomic E-state index is 10.5. The lowest BCUT2D eigenvalue weighted by Gasteiger charge is -2.27. The molecule has 1 aromatic rings. The van der Waals surface area contributed by atoms with Crippen LogP contribution < -0.4 is 0 Å². The molecular formula is C14H20N2O3. The van der Waals surface area contributed by atoms with Crippen LogP contribution in [-0.2, 0) is 11.2 Å². The Morgan fingerprint density at radius 1 is 1.58 bits per heavy atom. The molecule has 5 nitrogen and oxygen atoms in total. The van der Waals surface area contributed by atoms with Gasteiger partial charge < -0.3 is 9.84 Å². The number of aromatic nitrogens is 1. The fourth-order valence-electron chi connectivity index (χ4n) is 2.42. The van der Waals surface area contributed by atoms with Gasteiger partial charge in [0.25, 0.3) is 0 Å². The lowest BCUT2D eigenvalue weighted by molar-refractivity contribution is -0.0223. The third-order valence-electron chi connectivity index (χ3n) is 3.51. The molecule has 0 spiro atoms. The smallest absolute Gasteiger partial charge is 0.0966 e. The summed E-state index contributed by atoms with van der Waals surface area (Å²) in [6, 6.07) is 3.75. The summed E-state index contributed by atoms with van der Waals surface area (Å²) in [7, 11) is 0. The molecule has 0 aromatic carbocycles. The van der Waals surface area contributed by atoms with Crippen molar-refractivity contribution in [2.75, 3.05) is 6.61 Å². The maximum Gasteiger partial charge on any atom is 0.0966 e. The van der Waals surface area contributed by atoms with Crippen molar-refractivity contribution >= 4 is 0 Å². The van der Waals surface area contributed by atoms with E-state index >= 15 is 0 Å². The van der Waals surface area contributed by atoms with Crippen molar-refractivity contribution in [3.05, 3.63) is 35.0 Å². The molecule has 3 unspecified atom stereocenters. The summed E-state index contributed by atoms with van der Waals surface area (Å²) in [6.45, 7) is 0.566. The minimum absolute atomic E-state index is 0.0413. The summed E-state index contributed by atoms with van der Waals surface area (Å²) >= 11 is 0. The first-order chi connectivity index (χ1) is 9.28. The Kier molecular flexibility index (Phi) is 5.42. The van der Waals surface area contributed by atoms with E-state index in [0.29, 0.717) is 32.3 Å². The highest BCUT2D eigenvalue weighted by Crippen LogP contribution is 2.21. The molecule has 1 saturated heterocycles. The summed E-state index contributed by atoms with van der Waals surface area (Å²) in [5.41, 5.74) is 1.12. The Hall–Kier alpha value is -1.33. The largest absolute Gasteiger partial charge is 0.393 e. The highest BCUT2D eigenvalue weighted by molar-refractivity contribution is 5.08. The molecule has 2 heterocycles. The summed E-state index contributed by atoms with van der Waals surface area (Å²) in [6.07, 6.45) is 6.50. The van der Waals surface area contributed by atoms with Gasteiger partial charge in [0.05, 0.1) is 18.2 Å². The van der Waals surface area contributed by atoms with Gasteiger partial charge in [-0.05, 0) is 43.7 Å². The molecule has 3 atom stereocenters. The lowest BCUT2D eigenvalue weighted by Crippen LogP contribution is -2.31. The van der Waals surface area contributed by atoms with Crippen molar-refractivity contribution in [1.29, 1.82) is 0 Å². The van der Waals surface area contributed by atoms with Crippen molar-refractivity contribution in [2.24, 2.45) is 5.18 Å².